The number of carbonyl (C=O) groups is 2. The van der Waals surface area contributed by atoms with E-state index >= 15 is 0 Å². The number of hydrogen-bond acceptors (Lipinski definition) is 6. The first-order valence-electron chi connectivity index (χ1n) is 9.87. The molecule has 2 N–H and O–H groups in total. The molecule has 1 aromatic heterocycles. The molecule has 3 aromatic rings. The average molecular weight is 443 g/mol. The predicted octanol–water partition coefficient (Wildman–Crippen LogP) is 2.99. The second-order valence-corrected chi connectivity index (χ2v) is 7.71. The molecule has 162 valence electrons. The summed E-state index contributed by atoms with van der Waals surface area (Å²) in [6, 6.07) is 13.4. The number of aromatic nitrogens is 4. The van der Waals surface area contributed by atoms with Crippen LogP contribution in [0.5, 0.6) is 0 Å². The third-order valence-corrected chi connectivity index (χ3v) is 5.27. The van der Waals surface area contributed by atoms with Crippen molar-refractivity contribution in [2.24, 2.45) is 0 Å². The van der Waals surface area contributed by atoms with Crippen molar-refractivity contribution in [2.75, 3.05) is 17.6 Å². The highest BCUT2D eigenvalue weighted by molar-refractivity contribution is 7.99. The largest absolute Gasteiger partial charge is 0.346 e. The highest BCUT2D eigenvalue weighted by atomic mass is 32.2. The molecule has 0 spiro atoms. The number of unbranched alkanes of at least 4 members (excludes halogenated alkanes) is 1. The van der Waals surface area contributed by atoms with E-state index in [1.807, 2.05) is 24.3 Å². The number of carbonyl (C=O) groups excluding carboxylic acids is 2. The molecule has 0 radical (unpaired) electrons. The Morgan fingerprint density at radius 2 is 1.81 bits per heavy atom. The van der Waals surface area contributed by atoms with Crippen LogP contribution in [-0.2, 0) is 16.0 Å². The van der Waals surface area contributed by atoms with Crippen LogP contribution in [0.15, 0.2) is 53.7 Å². The molecule has 0 fully saturated rings. The minimum atomic E-state index is -0.405. The van der Waals surface area contributed by atoms with Gasteiger partial charge in [0, 0.05) is 5.69 Å². The van der Waals surface area contributed by atoms with Gasteiger partial charge in [-0.25, -0.2) is 4.39 Å². The first-order valence-corrected chi connectivity index (χ1v) is 10.9. The summed E-state index contributed by atoms with van der Waals surface area (Å²) in [7, 11) is 0. The van der Waals surface area contributed by atoms with Gasteiger partial charge in [-0.05, 0) is 65.2 Å². The van der Waals surface area contributed by atoms with E-state index in [4.69, 9.17) is 0 Å². The summed E-state index contributed by atoms with van der Waals surface area (Å²) >= 11 is 1.17. The number of tetrazole rings is 1. The number of nitrogens with zero attached hydrogens (tertiary/aromatic N) is 4. The van der Waals surface area contributed by atoms with E-state index in [1.165, 1.54) is 41.6 Å². The van der Waals surface area contributed by atoms with Gasteiger partial charge in [0.1, 0.15) is 5.82 Å². The lowest BCUT2D eigenvalue weighted by atomic mass is 10.1. The van der Waals surface area contributed by atoms with Crippen molar-refractivity contribution in [1.82, 2.24) is 25.5 Å². The van der Waals surface area contributed by atoms with Gasteiger partial charge in [-0.1, -0.05) is 37.2 Å². The highest BCUT2D eigenvalue weighted by Gasteiger charge is 2.12. The average Bonchev–Trinajstić information content (AvgIpc) is 3.25. The number of thioether (sulfide) groups is 1. The molecule has 0 saturated heterocycles. The van der Waals surface area contributed by atoms with Crippen LogP contribution in [-0.4, -0.2) is 44.3 Å². The molecule has 0 unspecified atom stereocenters. The Kier molecular flexibility index (Phi) is 8.11. The van der Waals surface area contributed by atoms with E-state index in [9.17, 15) is 14.0 Å². The second-order valence-electron chi connectivity index (χ2n) is 6.76. The fourth-order valence-electron chi connectivity index (χ4n) is 2.71. The van der Waals surface area contributed by atoms with E-state index in [-0.39, 0.29) is 18.2 Å². The Labute approximate surface area is 183 Å². The van der Waals surface area contributed by atoms with E-state index in [0.29, 0.717) is 10.8 Å². The van der Waals surface area contributed by atoms with Crippen LogP contribution in [0.25, 0.3) is 5.69 Å². The number of amides is 2. The van der Waals surface area contributed by atoms with Gasteiger partial charge < -0.3 is 10.6 Å². The van der Waals surface area contributed by atoms with Gasteiger partial charge in [-0.3, -0.25) is 9.59 Å². The van der Waals surface area contributed by atoms with Crippen LogP contribution in [0.1, 0.15) is 25.3 Å². The highest BCUT2D eigenvalue weighted by Crippen LogP contribution is 2.19. The van der Waals surface area contributed by atoms with Crippen LogP contribution in [0.3, 0.4) is 0 Å². The van der Waals surface area contributed by atoms with Gasteiger partial charge in [0.25, 0.3) is 0 Å². The molecule has 31 heavy (non-hydrogen) atoms. The van der Waals surface area contributed by atoms with Crippen LogP contribution < -0.4 is 10.6 Å². The number of benzene rings is 2. The molecule has 10 heteroatoms. The van der Waals surface area contributed by atoms with Crippen molar-refractivity contribution in [1.29, 1.82) is 0 Å². The first-order chi connectivity index (χ1) is 15.0. The number of halogens is 1. The molecule has 1 heterocycles. The molecular weight excluding hydrogens is 419 g/mol. The van der Waals surface area contributed by atoms with Crippen molar-refractivity contribution < 1.29 is 14.0 Å². The normalized spacial score (nSPS) is 10.6. The lowest BCUT2D eigenvalue weighted by molar-refractivity contribution is -0.122. The molecule has 2 aromatic carbocycles. The molecule has 3 rings (SSSR count). The summed E-state index contributed by atoms with van der Waals surface area (Å²) in [5, 5.41) is 17.3. The molecule has 0 aliphatic carbocycles. The summed E-state index contributed by atoms with van der Waals surface area (Å²) in [6.07, 6.45) is 3.32. The number of rotatable bonds is 10. The van der Waals surface area contributed by atoms with Gasteiger partial charge in [0.15, 0.2) is 0 Å². The van der Waals surface area contributed by atoms with E-state index in [2.05, 4.69) is 33.1 Å². The Bertz CT molecular complexity index is 1010. The van der Waals surface area contributed by atoms with Crippen molar-refractivity contribution >= 4 is 29.3 Å². The smallest absolute Gasteiger partial charge is 0.243 e. The quantitative estimate of drug-likeness (QED) is 0.468. The fourth-order valence-corrected chi connectivity index (χ4v) is 3.43. The van der Waals surface area contributed by atoms with Gasteiger partial charge in [-0.15, -0.1) is 5.10 Å². The maximum atomic E-state index is 12.9. The molecule has 8 nitrogen and oxygen atoms in total. The Hall–Kier alpha value is -3.27. The van der Waals surface area contributed by atoms with Crippen LogP contribution in [0.4, 0.5) is 10.1 Å². The SMILES string of the molecule is CCCCc1ccc(-n2nnnc2SCC(=O)NCC(=O)Nc2ccc(F)cc2)cc1. The molecule has 2 amide bonds. The number of anilines is 1. The predicted molar refractivity (Wildman–Crippen MR) is 117 cm³/mol. The molecule has 0 aliphatic heterocycles. The van der Waals surface area contributed by atoms with Crippen molar-refractivity contribution in [2.45, 2.75) is 31.3 Å². The maximum Gasteiger partial charge on any atom is 0.243 e. The number of aryl methyl sites for hydroxylation is 1. The van der Waals surface area contributed by atoms with E-state index < -0.39 is 11.7 Å². The second kappa shape index (κ2) is 11.2. The third kappa shape index (κ3) is 6.88. The molecule has 0 aliphatic rings. The lowest BCUT2D eigenvalue weighted by Gasteiger charge is -2.07. The van der Waals surface area contributed by atoms with Crippen LogP contribution in [0, 0.1) is 5.82 Å². The third-order valence-electron chi connectivity index (χ3n) is 4.35. The van der Waals surface area contributed by atoms with Crippen molar-refractivity contribution in [3.8, 4) is 5.69 Å². The summed E-state index contributed by atoms with van der Waals surface area (Å²) in [4.78, 5) is 24.0. The van der Waals surface area contributed by atoms with E-state index in [1.54, 1.807) is 4.68 Å². The zero-order chi connectivity index (χ0) is 22.1. The minimum Gasteiger partial charge on any atom is -0.346 e. The summed E-state index contributed by atoms with van der Waals surface area (Å²) in [5.74, 6) is -1.07. The van der Waals surface area contributed by atoms with Crippen LogP contribution in [0.2, 0.25) is 0 Å². The maximum absolute atomic E-state index is 12.9. The monoisotopic (exact) mass is 442 g/mol. The van der Waals surface area contributed by atoms with Crippen molar-refractivity contribution in [3.63, 3.8) is 0 Å². The first kappa shape index (κ1) is 22.4. The molecule has 0 atom stereocenters. The fraction of sp³-hybridized carbons (Fsp3) is 0.286. The molecular formula is C21H23FN6O2S. The van der Waals surface area contributed by atoms with E-state index in [0.717, 1.165) is 24.9 Å². The zero-order valence-corrected chi connectivity index (χ0v) is 17.9. The minimum absolute atomic E-state index is 0.0544. The van der Waals surface area contributed by atoms with Crippen LogP contribution >= 0.6 is 11.8 Å². The Morgan fingerprint density at radius 1 is 1.06 bits per heavy atom. The topological polar surface area (TPSA) is 102 Å². The van der Waals surface area contributed by atoms with Gasteiger partial charge in [0.05, 0.1) is 18.0 Å². The van der Waals surface area contributed by atoms with Gasteiger partial charge >= 0.3 is 0 Å². The number of nitrogens with one attached hydrogen (secondary N) is 2. The zero-order valence-electron chi connectivity index (χ0n) is 17.0. The Morgan fingerprint density at radius 3 is 2.52 bits per heavy atom. The van der Waals surface area contributed by atoms with Gasteiger partial charge in [0.2, 0.25) is 17.0 Å². The molecule has 0 bridgehead atoms. The van der Waals surface area contributed by atoms with Crippen molar-refractivity contribution in [3.05, 3.63) is 59.9 Å². The Balaban J connectivity index is 1.47. The van der Waals surface area contributed by atoms with Gasteiger partial charge in [-0.2, -0.15) is 4.68 Å². The summed E-state index contributed by atoms with van der Waals surface area (Å²) in [6.45, 7) is 1.97. The standard InChI is InChI=1S/C21H23FN6O2S/c1-2-3-4-15-5-11-18(12-6-15)28-21(25-26-27-28)31-14-20(30)23-13-19(29)24-17-9-7-16(22)8-10-17/h5-12H,2-4,13-14H2,1H3,(H,23,30)(H,24,29). The molecule has 0 saturated carbocycles. The lowest BCUT2D eigenvalue weighted by Crippen LogP contribution is -2.33. The summed E-state index contributed by atoms with van der Waals surface area (Å²) < 4.78 is 14.5. The summed E-state index contributed by atoms with van der Waals surface area (Å²) in [5.41, 5.74) is 2.52. The number of hydrogen-bond donors (Lipinski definition) is 2.